The van der Waals surface area contributed by atoms with E-state index in [1.165, 1.54) is 0 Å². The number of benzene rings is 2. The summed E-state index contributed by atoms with van der Waals surface area (Å²) >= 11 is 0. The predicted octanol–water partition coefficient (Wildman–Crippen LogP) is 3.10. The van der Waals surface area contributed by atoms with Crippen LogP contribution >= 0.6 is 0 Å². The molecule has 150 valence electrons. The molecule has 0 spiro atoms. The number of fused-ring (bicyclic) bond motifs is 1. The zero-order valence-electron chi connectivity index (χ0n) is 16.5. The minimum atomic E-state index is -1.25. The van der Waals surface area contributed by atoms with Gasteiger partial charge in [0.2, 0.25) is 0 Å². The fraction of sp³-hybridized carbons (Fsp3) is 0.130. The minimum Gasteiger partial charge on any atom is -0.480 e. The number of para-hydroxylation sites is 1. The number of carboxylic acid groups (broad SMARTS) is 1. The van der Waals surface area contributed by atoms with Crippen molar-refractivity contribution in [1.29, 1.82) is 0 Å². The van der Waals surface area contributed by atoms with E-state index in [1.807, 2.05) is 44.2 Å². The Balaban J connectivity index is 1.88. The van der Waals surface area contributed by atoms with E-state index < -0.39 is 24.3 Å². The van der Waals surface area contributed by atoms with E-state index >= 15 is 0 Å². The summed E-state index contributed by atoms with van der Waals surface area (Å²) in [6, 6.07) is 16.3. The summed E-state index contributed by atoms with van der Waals surface area (Å²) in [5, 5.41) is 13.8. The Bertz CT molecular complexity index is 1210. The van der Waals surface area contributed by atoms with E-state index in [4.69, 9.17) is 5.11 Å². The first-order chi connectivity index (χ1) is 14.4. The smallest absolute Gasteiger partial charge is 0.323 e. The lowest BCUT2D eigenvalue weighted by atomic mass is 9.91. The van der Waals surface area contributed by atoms with Crippen molar-refractivity contribution in [2.45, 2.75) is 13.8 Å². The second-order valence-corrected chi connectivity index (χ2v) is 7.03. The fourth-order valence-electron chi connectivity index (χ4n) is 3.65. The highest BCUT2D eigenvalue weighted by Crippen LogP contribution is 2.32. The second kappa shape index (κ2) is 7.44. The van der Waals surface area contributed by atoms with Gasteiger partial charge in [0.1, 0.15) is 6.54 Å². The first-order valence-corrected chi connectivity index (χ1v) is 9.39. The number of carbonyl (C=O) groups is 3. The van der Waals surface area contributed by atoms with Crippen molar-refractivity contribution in [2.24, 2.45) is 0 Å². The van der Waals surface area contributed by atoms with E-state index in [1.54, 1.807) is 35.0 Å². The number of hydrogen-bond acceptors (Lipinski definition) is 4. The maximum Gasteiger partial charge on any atom is 0.323 e. The third kappa shape index (κ3) is 3.20. The van der Waals surface area contributed by atoms with Crippen molar-refractivity contribution in [2.75, 3.05) is 6.54 Å². The molecule has 30 heavy (non-hydrogen) atoms. The number of carbonyl (C=O) groups excluding carboxylic acids is 2. The number of aromatic nitrogens is 2. The highest BCUT2D eigenvalue weighted by molar-refractivity contribution is 6.34. The van der Waals surface area contributed by atoms with Gasteiger partial charge in [0.25, 0.3) is 11.8 Å². The molecule has 1 aliphatic heterocycles. The molecular weight excluding hydrogens is 382 g/mol. The molecule has 7 heteroatoms. The molecule has 0 fully saturated rings. The summed E-state index contributed by atoms with van der Waals surface area (Å²) in [5.41, 5.74) is 4.25. The Hall–Kier alpha value is -4.00. The van der Waals surface area contributed by atoms with Gasteiger partial charge >= 0.3 is 5.97 Å². The Morgan fingerprint density at radius 1 is 0.967 bits per heavy atom. The summed E-state index contributed by atoms with van der Waals surface area (Å²) in [7, 11) is 0. The average Bonchev–Trinajstić information content (AvgIpc) is 3.02. The van der Waals surface area contributed by atoms with Crippen LogP contribution in [0.1, 0.15) is 32.9 Å². The monoisotopic (exact) mass is 401 g/mol. The average molecular weight is 401 g/mol. The number of aliphatic carboxylic acids is 1. The van der Waals surface area contributed by atoms with E-state index in [2.05, 4.69) is 5.10 Å². The second-order valence-electron chi connectivity index (χ2n) is 7.03. The number of aryl methyl sites for hydroxylation is 1. The molecule has 4 rings (SSSR count). The quantitative estimate of drug-likeness (QED) is 0.536. The van der Waals surface area contributed by atoms with Crippen molar-refractivity contribution < 1.29 is 19.5 Å². The molecule has 2 heterocycles. The molecule has 0 saturated carbocycles. The SMILES string of the molecule is Cc1nn(-c2ccccc2)c(C)c1C=C1C(=O)N(CC(=O)O)C(=O)c2ccccc21. The lowest BCUT2D eigenvalue weighted by molar-refractivity contribution is -0.141. The van der Waals surface area contributed by atoms with Crippen LogP contribution in [-0.2, 0) is 9.59 Å². The summed E-state index contributed by atoms with van der Waals surface area (Å²) < 4.78 is 1.79. The first-order valence-electron chi connectivity index (χ1n) is 9.39. The van der Waals surface area contributed by atoms with Gasteiger partial charge in [-0.3, -0.25) is 19.3 Å². The first kappa shape index (κ1) is 19.3. The molecule has 2 aromatic carbocycles. The Kier molecular flexibility index (Phi) is 4.79. The molecule has 0 radical (unpaired) electrons. The van der Waals surface area contributed by atoms with Crippen LogP contribution in [0.25, 0.3) is 17.3 Å². The van der Waals surface area contributed by atoms with E-state index in [-0.39, 0.29) is 5.57 Å². The largest absolute Gasteiger partial charge is 0.480 e. The number of carboxylic acids is 1. The van der Waals surface area contributed by atoms with Gasteiger partial charge in [0.05, 0.1) is 11.4 Å². The molecule has 1 aliphatic rings. The van der Waals surface area contributed by atoms with Crippen molar-refractivity contribution in [3.63, 3.8) is 0 Å². The Morgan fingerprint density at radius 2 is 1.60 bits per heavy atom. The van der Waals surface area contributed by atoms with E-state index in [9.17, 15) is 14.4 Å². The van der Waals surface area contributed by atoms with Crippen molar-refractivity contribution >= 4 is 29.4 Å². The van der Waals surface area contributed by atoms with Crippen LogP contribution in [0.5, 0.6) is 0 Å². The standard InChI is InChI=1S/C23H19N3O4/c1-14-19(15(2)26(24-14)16-8-4-3-5-9-16)12-20-17-10-6-7-11-18(17)22(29)25(23(20)30)13-21(27)28/h3-12H,13H2,1-2H3,(H,27,28). The van der Waals surface area contributed by atoms with Gasteiger partial charge in [-0.05, 0) is 43.7 Å². The molecule has 7 nitrogen and oxygen atoms in total. The lowest BCUT2D eigenvalue weighted by Gasteiger charge is -2.27. The molecule has 1 N–H and O–H groups in total. The molecule has 0 unspecified atom stereocenters. The predicted molar refractivity (Wildman–Crippen MR) is 111 cm³/mol. The van der Waals surface area contributed by atoms with Gasteiger partial charge in [-0.15, -0.1) is 0 Å². The number of nitrogens with zero attached hydrogens (tertiary/aromatic N) is 3. The molecule has 0 saturated heterocycles. The zero-order chi connectivity index (χ0) is 21.4. The van der Waals surface area contributed by atoms with Crippen molar-refractivity contribution in [1.82, 2.24) is 14.7 Å². The zero-order valence-corrected chi connectivity index (χ0v) is 16.5. The normalized spacial score (nSPS) is 14.9. The summed E-state index contributed by atoms with van der Waals surface area (Å²) in [6.07, 6.45) is 1.69. The van der Waals surface area contributed by atoms with Crippen molar-refractivity contribution in [3.8, 4) is 5.69 Å². The topological polar surface area (TPSA) is 92.5 Å². The molecule has 2 amide bonds. The van der Waals surface area contributed by atoms with E-state index in [0.717, 1.165) is 27.5 Å². The highest BCUT2D eigenvalue weighted by atomic mass is 16.4. The van der Waals surface area contributed by atoms with Gasteiger partial charge in [-0.1, -0.05) is 36.4 Å². The lowest BCUT2D eigenvalue weighted by Crippen LogP contribution is -2.44. The van der Waals surface area contributed by atoms with Gasteiger partial charge in [-0.25, -0.2) is 4.68 Å². The summed E-state index contributed by atoms with van der Waals surface area (Å²) in [6.45, 7) is 3.06. The van der Waals surface area contributed by atoms with Gasteiger partial charge in [-0.2, -0.15) is 5.10 Å². The van der Waals surface area contributed by atoms with Gasteiger partial charge in [0.15, 0.2) is 0 Å². The van der Waals surface area contributed by atoms with Crippen LogP contribution in [0.3, 0.4) is 0 Å². The summed E-state index contributed by atoms with van der Waals surface area (Å²) in [4.78, 5) is 37.8. The number of hydrogen-bond donors (Lipinski definition) is 1. The third-order valence-electron chi connectivity index (χ3n) is 5.10. The van der Waals surface area contributed by atoms with E-state index in [0.29, 0.717) is 11.1 Å². The molecule has 1 aromatic heterocycles. The number of amides is 2. The van der Waals surface area contributed by atoms with Crippen LogP contribution in [0.15, 0.2) is 54.6 Å². The fourth-order valence-corrected chi connectivity index (χ4v) is 3.65. The maximum absolute atomic E-state index is 13.1. The Morgan fingerprint density at radius 3 is 2.27 bits per heavy atom. The van der Waals surface area contributed by atoms with Crippen molar-refractivity contribution in [3.05, 3.63) is 82.7 Å². The van der Waals surface area contributed by atoms with Gasteiger partial charge in [0, 0.05) is 22.4 Å². The minimum absolute atomic E-state index is 0.269. The summed E-state index contributed by atoms with van der Waals surface area (Å²) in [5.74, 6) is -2.49. The third-order valence-corrected chi connectivity index (χ3v) is 5.10. The molecular formula is C23H19N3O4. The van der Waals surface area contributed by atoms with Crippen LogP contribution in [0, 0.1) is 13.8 Å². The molecule has 0 atom stereocenters. The number of rotatable bonds is 4. The molecule has 3 aromatic rings. The van der Waals surface area contributed by atoms with Gasteiger partial charge < -0.3 is 5.11 Å². The van der Waals surface area contributed by atoms with Crippen LogP contribution in [0.4, 0.5) is 0 Å². The maximum atomic E-state index is 13.1. The molecule has 0 aliphatic carbocycles. The Labute approximate surface area is 172 Å². The molecule has 0 bridgehead atoms. The highest BCUT2D eigenvalue weighted by Gasteiger charge is 2.36. The van der Waals surface area contributed by atoms with Crippen LogP contribution < -0.4 is 0 Å². The van der Waals surface area contributed by atoms with Crippen LogP contribution in [-0.4, -0.2) is 44.1 Å². The van der Waals surface area contributed by atoms with Crippen LogP contribution in [0.2, 0.25) is 0 Å². The number of imide groups is 1.